The zero-order valence-corrected chi connectivity index (χ0v) is 8.80. The number of ketones is 1. The number of carbonyl (C=O) groups is 1. The average Bonchev–Trinajstić information content (AvgIpc) is 2.04. The fourth-order valence-electron chi connectivity index (χ4n) is 0.992. The van der Waals surface area contributed by atoms with Gasteiger partial charge in [0, 0.05) is 5.56 Å². The molecule has 70 valence electrons. The van der Waals surface area contributed by atoms with Crippen LogP contribution in [0.1, 0.15) is 17.3 Å². The largest absolute Gasteiger partial charge is 0.294 e. The molecule has 13 heavy (non-hydrogen) atoms. The van der Waals surface area contributed by atoms with Crippen molar-refractivity contribution in [2.75, 3.05) is 6.26 Å². The van der Waals surface area contributed by atoms with Gasteiger partial charge in [0.15, 0.2) is 5.78 Å². The van der Waals surface area contributed by atoms with Crippen LogP contribution in [0.2, 0.25) is 5.02 Å². The molecule has 4 heteroatoms. The maximum Gasteiger partial charge on any atom is 0.161 e. The molecular weight excluding hydrogens is 211 g/mol. The predicted octanol–water partition coefficient (Wildman–Crippen LogP) is 3.40. The number of thioether (sulfide) groups is 1. The van der Waals surface area contributed by atoms with Crippen molar-refractivity contribution in [1.29, 1.82) is 0 Å². The molecule has 0 saturated heterocycles. The third-order valence-electron chi connectivity index (χ3n) is 1.63. The number of halogens is 2. The van der Waals surface area contributed by atoms with Gasteiger partial charge in [-0.1, -0.05) is 11.6 Å². The Bertz CT molecular complexity index is 352. The topological polar surface area (TPSA) is 17.1 Å². The molecule has 0 saturated carbocycles. The van der Waals surface area contributed by atoms with E-state index in [1.807, 2.05) is 0 Å². The number of Topliss-reactive ketones (excluding diaryl/α,β-unsaturated/α-hetero) is 1. The highest BCUT2D eigenvalue weighted by molar-refractivity contribution is 7.98. The van der Waals surface area contributed by atoms with Crippen molar-refractivity contribution in [3.63, 3.8) is 0 Å². The summed E-state index contributed by atoms with van der Waals surface area (Å²) in [5, 5.41) is 0.208. The second-order valence-electron chi connectivity index (χ2n) is 2.50. The van der Waals surface area contributed by atoms with Gasteiger partial charge in [0.05, 0.1) is 9.92 Å². The summed E-state index contributed by atoms with van der Waals surface area (Å²) >= 11 is 7.02. The Morgan fingerprint density at radius 2 is 2.15 bits per heavy atom. The van der Waals surface area contributed by atoms with Crippen molar-refractivity contribution in [3.8, 4) is 0 Å². The van der Waals surface area contributed by atoms with Crippen LogP contribution in [0.4, 0.5) is 4.39 Å². The Hall–Kier alpha value is -0.540. The lowest BCUT2D eigenvalue weighted by Crippen LogP contribution is -1.96. The zero-order valence-electron chi connectivity index (χ0n) is 7.23. The van der Waals surface area contributed by atoms with Crippen molar-refractivity contribution in [3.05, 3.63) is 28.5 Å². The van der Waals surface area contributed by atoms with E-state index in [1.54, 1.807) is 6.26 Å². The highest BCUT2D eigenvalue weighted by Gasteiger charge is 2.13. The summed E-state index contributed by atoms with van der Waals surface area (Å²) in [4.78, 5) is 11.4. The summed E-state index contributed by atoms with van der Waals surface area (Å²) < 4.78 is 13.1. The van der Waals surface area contributed by atoms with Crippen LogP contribution >= 0.6 is 23.4 Å². The maximum atomic E-state index is 13.1. The molecule has 0 aliphatic carbocycles. The van der Waals surface area contributed by atoms with E-state index in [0.29, 0.717) is 10.5 Å². The molecule has 1 aromatic rings. The molecule has 0 aliphatic rings. The van der Waals surface area contributed by atoms with Crippen molar-refractivity contribution in [2.45, 2.75) is 11.8 Å². The maximum absolute atomic E-state index is 13.1. The molecule has 0 aromatic heterocycles. The van der Waals surface area contributed by atoms with Gasteiger partial charge in [-0.25, -0.2) is 4.39 Å². The molecule has 0 aliphatic heterocycles. The average molecular weight is 219 g/mol. The Morgan fingerprint density at radius 3 is 2.62 bits per heavy atom. The lowest BCUT2D eigenvalue weighted by atomic mass is 10.1. The third kappa shape index (κ3) is 2.03. The Balaban J connectivity index is 3.35. The molecule has 0 heterocycles. The van der Waals surface area contributed by atoms with Crippen molar-refractivity contribution in [1.82, 2.24) is 0 Å². The minimum absolute atomic E-state index is 0.152. The first-order valence-electron chi connectivity index (χ1n) is 3.61. The molecule has 1 rings (SSSR count). The highest BCUT2D eigenvalue weighted by atomic mass is 35.5. The van der Waals surface area contributed by atoms with Gasteiger partial charge in [-0.2, -0.15) is 0 Å². The van der Waals surface area contributed by atoms with Crippen LogP contribution < -0.4 is 0 Å². The molecule has 1 aromatic carbocycles. The van der Waals surface area contributed by atoms with Gasteiger partial charge in [0.25, 0.3) is 0 Å². The van der Waals surface area contributed by atoms with Gasteiger partial charge in [0.1, 0.15) is 5.82 Å². The van der Waals surface area contributed by atoms with E-state index in [0.717, 1.165) is 0 Å². The Labute approximate surface area is 85.3 Å². The second-order valence-corrected chi connectivity index (χ2v) is 3.69. The molecular formula is C9H8ClFOS. The SMILES string of the molecule is CSc1c(F)ccc(C(C)=O)c1Cl. The van der Waals surface area contributed by atoms with E-state index in [4.69, 9.17) is 11.6 Å². The summed E-state index contributed by atoms with van der Waals surface area (Å²) in [6, 6.07) is 2.66. The van der Waals surface area contributed by atoms with Crippen LogP contribution in [0.3, 0.4) is 0 Å². The van der Waals surface area contributed by atoms with Crippen molar-refractivity contribution in [2.24, 2.45) is 0 Å². The highest BCUT2D eigenvalue weighted by Crippen LogP contribution is 2.31. The monoisotopic (exact) mass is 218 g/mol. The van der Waals surface area contributed by atoms with E-state index in [1.165, 1.54) is 30.8 Å². The van der Waals surface area contributed by atoms with Gasteiger partial charge >= 0.3 is 0 Å². The van der Waals surface area contributed by atoms with Crippen LogP contribution in [0, 0.1) is 5.82 Å². The van der Waals surface area contributed by atoms with Gasteiger partial charge in [-0.15, -0.1) is 11.8 Å². The lowest BCUT2D eigenvalue weighted by molar-refractivity contribution is 0.101. The number of rotatable bonds is 2. The number of hydrogen-bond donors (Lipinski definition) is 0. The summed E-state index contributed by atoms with van der Waals surface area (Å²) in [5.41, 5.74) is 0.368. The van der Waals surface area contributed by atoms with Gasteiger partial charge in [-0.05, 0) is 25.3 Å². The smallest absolute Gasteiger partial charge is 0.161 e. The minimum atomic E-state index is -0.387. The number of benzene rings is 1. The van der Waals surface area contributed by atoms with E-state index < -0.39 is 0 Å². The second kappa shape index (κ2) is 4.11. The van der Waals surface area contributed by atoms with E-state index in [-0.39, 0.29) is 16.6 Å². The molecule has 0 atom stereocenters. The fraction of sp³-hybridized carbons (Fsp3) is 0.222. The van der Waals surface area contributed by atoms with Crippen LogP contribution in [-0.4, -0.2) is 12.0 Å². The number of carbonyl (C=O) groups excluding carboxylic acids is 1. The standard InChI is InChI=1S/C9H8ClFOS/c1-5(12)6-3-4-7(11)9(13-2)8(6)10/h3-4H,1-2H3. The Kier molecular flexibility index (Phi) is 3.33. The van der Waals surface area contributed by atoms with Crippen molar-refractivity contribution < 1.29 is 9.18 Å². The summed E-state index contributed by atoms with van der Waals surface area (Å²) in [6.45, 7) is 1.41. The summed E-state index contributed by atoms with van der Waals surface area (Å²) in [6.07, 6.45) is 1.72. The quantitative estimate of drug-likeness (QED) is 0.559. The normalized spacial score (nSPS) is 10.2. The molecule has 0 radical (unpaired) electrons. The minimum Gasteiger partial charge on any atom is -0.294 e. The van der Waals surface area contributed by atoms with Crippen LogP contribution in [0.5, 0.6) is 0 Å². The Morgan fingerprint density at radius 1 is 1.54 bits per heavy atom. The van der Waals surface area contributed by atoms with Crippen LogP contribution in [0.25, 0.3) is 0 Å². The van der Waals surface area contributed by atoms with Crippen LogP contribution in [-0.2, 0) is 0 Å². The van der Waals surface area contributed by atoms with Gasteiger partial charge in [-0.3, -0.25) is 4.79 Å². The predicted molar refractivity (Wildman–Crippen MR) is 53.2 cm³/mol. The first-order chi connectivity index (χ1) is 6.07. The van der Waals surface area contributed by atoms with E-state index in [2.05, 4.69) is 0 Å². The first-order valence-corrected chi connectivity index (χ1v) is 5.21. The first kappa shape index (κ1) is 10.5. The zero-order chi connectivity index (χ0) is 10.0. The number of hydrogen-bond acceptors (Lipinski definition) is 2. The molecule has 0 N–H and O–H groups in total. The molecule has 0 unspecified atom stereocenters. The van der Waals surface area contributed by atoms with Crippen molar-refractivity contribution >= 4 is 29.1 Å². The summed E-state index contributed by atoms with van der Waals surface area (Å²) in [7, 11) is 0. The summed E-state index contributed by atoms with van der Waals surface area (Å²) in [5.74, 6) is -0.539. The van der Waals surface area contributed by atoms with E-state index >= 15 is 0 Å². The van der Waals surface area contributed by atoms with Gasteiger partial charge < -0.3 is 0 Å². The lowest BCUT2D eigenvalue weighted by Gasteiger charge is -2.05. The van der Waals surface area contributed by atoms with E-state index in [9.17, 15) is 9.18 Å². The third-order valence-corrected chi connectivity index (χ3v) is 2.94. The van der Waals surface area contributed by atoms with Crippen LogP contribution in [0.15, 0.2) is 17.0 Å². The molecule has 0 bridgehead atoms. The molecule has 0 amide bonds. The molecule has 0 fully saturated rings. The fourth-order valence-corrected chi connectivity index (χ4v) is 2.06. The van der Waals surface area contributed by atoms with Gasteiger partial charge in [0.2, 0.25) is 0 Å². The molecule has 0 spiro atoms. The molecule has 1 nitrogen and oxygen atoms in total.